The van der Waals surface area contributed by atoms with E-state index in [4.69, 9.17) is 4.74 Å². The Labute approximate surface area is 121 Å². The number of aliphatic imine (C=N–C) groups is 1. The summed E-state index contributed by atoms with van der Waals surface area (Å²) in [6.07, 6.45) is 3.91. The Morgan fingerprint density at radius 3 is 2.90 bits per heavy atom. The molecule has 0 amide bonds. The van der Waals surface area contributed by atoms with Crippen LogP contribution in [0.2, 0.25) is 0 Å². The highest BCUT2D eigenvalue weighted by Gasteiger charge is 2.00. The first kappa shape index (κ1) is 16.5. The van der Waals surface area contributed by atoms with E-state index in [2.05, 4.69) is 32.7 Å². The molecule has 1 rings (SSSR count). The number of H-pyrrole nitrogens is 1. The lowest BCUT2D eigenvalue weighted by Gasteiger charge is -2.11. The Bertz CT molecular complexity index is 389. The van der Waals surface area contributed by atoms with E-state index in [0.29, 0.717) is 6.61 Å². The number of nitrogens with one attached hydrogen (secondary N) is 3. The predicted molar refractivity (Wildman–Crippen MR) is 82.1 cm³/mol. The minimum atomic E-state index is 0.704. The van der Waals surface area contributed by atoms with Crippen LogP contribution in [0, 0.1) is 6.92 Å². The van der Waals surface area contributed by atoms with E-state index < -0.39 is 0 Å². The number of aryl methyl sites for hydroxylation is 2. The van der Waals surface area contributed by atoms with Crippen LogP contribution in [-0.4, -0.2) is 49.0 Å². The van der Waals surface area contributed by atoms with Crippen LogP contribution >= 0.6 is 0 Å². The number of guanidine groups is 1. The second kappa shape index (κ2) is 10.3. The van der Waals surface area contributed by atoms with Crippen molar-refractivity contribution in [3.63, 3.8) is 0 Å². The molecule has 0 aromatic carbocycles. The maximum atomic E-state index is 5.29. The van der Waals surface area contributed by atoms with Crippen molar-refractivity contribution in [3.05, 3.63) is 17.5 Å². The molecule has 0 bridgehead atoms. The summed E-state index contributed by atoms with van der Waals surface area (Å²) < 4.78 is 5.29. The van der Waals surface area contributed by atoms with Crippen molar-refractivity contribution in [2.75, 3.05) is 32.8 Å². The summed E-state index contributed by atoms with van der Waals surface area (Å²) >= 11 is 0. The third-order valence-electron chi connectivity index (χ3n) is 2.90. The molecule has 0 aliphatic carbocycles. The summed E-state index contributed by atoms with van der Waals surface area (Å²) in [6.45, 7) is 10.0. The summed E-state index contributed by atoms with van der Waals surface area (Å²) in [5, 5.41) is 13.5. The first-order valence-electron chi connectivity index (χ1n) is 7.36. The Kier molecular flexibility index (Phi) is 8.46. The minimum Gasteiger partial charge on any atom is -0.380 e. The molecule has 0 aliphatic rings. The minimum absolute atomic E-state index is 0.704. The van der Waals surface area contributed by atoms with E-state index in [1.165, 1.54) is 5.56 Å². The largest absolute Gasteiger partial charge is 0.380 e. The van der Waals surface area contributed by atoms with Crippen molar-refractivity contribution >= 4 is 5.96 Å². The monoisotopic (exact) mass is 281 g/mol. The highest BCUT2D eigenvalue weighted by Crippen LogP contribution is 2.05. The molecule has 0 unspecified atom stereocenters. The maximum Gasteiger partial charge on any atom is 0.191 e. The van der Waals surface area contributed by atoms with Gasteiger partial charge in [-0.2, -0.15) is 5.10 Å². The normalized spacial score (nSPS) is 11.7. The van der Waals surface area contributed by atoms with E-state index in [-0.39, 0.29) is 0 Å². The number of aromatic amines is 1. The number of hydrogen-bond donors (Lipinski definition) is 3. The van der Waals surface area contributed by atoms with Crippen LogP contribution in [0.3, 0.4) is 0 Å². The fourth-order valence-electron chi connectivity index (χ4n) is 1.82. The quantitative estimate of drug-likeness (QED) is 0.362. The fourth-order valence-corrected chi connectivity index (χ4v) is 1.82. The fraction of sp³-hybridized carbons (Fsp3) is 0.714. The Balaban J connectivity index is 2.25. The molecule has 0 fully saturated rings. The van der Waals surface area contributed by atoms with Crippen molar-refractivity contribution in [1.82, 2.24) is 20.8 Å². The van der Waals surface area contributed by atoms with Gasteiger partial charge >= 0.3 is 0 Å². The van der Waals surface area contributed by atoms with Crippen molar-refractivity contribution in [1.29, 1.82) is 0 Å². The van der Waals surface area contributed by atoms with Gasteiger partial charge in [-0.1, -0.05) is 0 Å². The maximum absolute atomic E-state index is 5.29. The third-order valence-corrected chi connectivity index (χ3v) is 2.90. The molecule has 0 spiro atoms. The Morgan fingerprint density at radius 2 is 2.25 bits per heavy atom. The van der Waals surface area contributed by atoms with Crippen molar-refractivity contribution in [3.8, 4) is 0 Å². The zero-order chi connectivity index (χ0) is 14.6. The van der Waals surface area contributed by atoms with Gasteiger partial charge in [0.05, 0.1) is 12.8 Å². The third kappa shape index (κ3) is 6.56. The van der Waals surface area contributed by atoms with Crippen LogP contribution in [0.5, 0.6) is 0 Å². The van der Waals surface area contributed by atoms with E-state index >= 15 is 0 Å². The van der Waals surface area contributed by atoms with Gasteiger partial charge in [-0.05, 0) is 39.2 Å². The number of nitrogens with zero attached hydrogens (tertiary/aromatic N) is 2. The summed E-state index contributed by atoms with van der Waals surface area (Å²) in [4.78, 5) is 4.55. The molecule has 20 heavy (non-hydrogen) atoms. The first-order valence-corrected chi connectivity index (χ1v) is 7.36. The zero-order valence-corrected chi connectivity index (χ0v) is 12.8. The molecule has 0 aliphatic heterocycles. The van der Waals surface area contributed by atoms with Gasteiger partial charge in [0.15, 0.2) is 5.96 Å². The smallest absolute Gasteiger partial charge is 0.191 e. The summed E-state index contributed by atoms with van der Waals surface area (Å²) in [5.41, 5.74) is 2.42. The molecular weight excluding hydrogens is 254 g/mol. The standard InChI is InChI=1S/C14H27N5O/c1-4-15-14(17-9-10-20-5-2)16-8-6-7-13-11-18-19-12(13)3/h11H,4-10H2,1-3H3,(H,18,19)(H2,15,16,17). The molecule has 114 valence electrons. The molecule has 1 aromatic rings. The second-order valence-corrected chi connectivity index (χ2v) is 4.51. The number of aromatic nitrogens is 2. The van der Waals surface area contributed by atoms with E-state index in [1.807, 2.05) is 20.0 Å². The van der Waals surface area contributed by atoms with Gasteiger partial charge in [-0.3, -0.25) is 10.1 Å². The molecule has 0 saturated heterocycles. The van der Waals surface area contributed by atoms with Crippen molar-refractivity contribution in [2.45, 2.75) is 33.6 Å². The topological polar surface area (TPSA) is 74.3 Å². The van der Waals surface area contributed by atoms with Crippen LogP contribution in [0.1, 0.15) is 31.5 Å². The van der Waals surface area contributed by atoms with Gasteiger partial charge in [0.25, 0.3) is 0 Å². The summed E-state index contributed by atoms with van der Waals surface area (Å²) in [7, 11) is 0. The zero-order valence-electron chi connectivity index (χ0n) is 12.8. The van der Waals surface area contributed by atoms with E-state index in [0.717, 1.165) is 50.7 Å². The van der Waals surface area contributed by atoms with Crippen LogP contribution in [0.4, 0.5) is 0 Å². The Hall–Kier alpha value is -1.56. The molecule has 1 aromatic heterocycles. The lowest BCUT2D eigenvalue weighted by atomic mass is 10.1. The van der Waals surface area contributed by atoms with Gasteiger partial charge < -0.3 is 15.4 Å². The van der Waals surface area contributed by atoms with Crippen molar-refractivity contribution < 1.29 is 4.74 Å². The first-order chi connectivity index (χ1) is 9.77. The summed E-state index contributed by atoms with van der Waals surface area (Å²) in [5.74, 6) is 0.858. The van der Waals surface area contributed by atoms with E-state index in [9.17, 15) is 0 Å². The van der Waals surface area contributed by atoms with Crippen LogP contribution < -0.4 is 10.6 Å². The van der Waals surface area contributed by atoms with Crippen LogP contribution in [0.25, 0.3) is 0 Å². The van der Waals surface area contributed by atoms with Gasteiger partial charge in [-0.25, -0.2) is 0 Å². The molecule has 6 heteroatoms. The Morgan fingerprint density at radius 1 is 1.40 bits per heavy atom. The van der Waals surface area contributed by atoms with Crippen molar-refractivity contribution in [2.24, 2.45) is 4.99 Å². The van der Waals surface area contributed by atoms with Crippen LogP contribution in [-0.2, 0) is 11.2 Å². The molecular formula is C14H27N5O. The van der Waals surface area contributed by atoms with Gasteiger partial charge in [0, 0.05) is 31.9 Å². The average molecular weight is 281 g/mol. The number of hydrogen-bond acceptors (Lipinski definition) is 3. The molecule has 6 nitrogen and oxygen atoms in total. The lowest BCUT2D eigenvalue weighted by Crippen LogP contribution is -2.39. The highest BCUT2D eigenvalue weighted by atomic mass is 16.5. The predicted octanol–water partition coefficient (Wildman–Crippen LogP) is 1.24. The van der Waals surface area contributed by atoms with E-state index in [1.54, 1.807) is 0 Å². The van der Waals surface area contributed by atoms with Gasteiger partial charge in [0.2, 0.25) is 0 Å². The molecule has 0 saturated carbocycles. The van der Waals surface area contributed by atoms with Gasteiger partial charge in [0.1, 0.15) is 0 Å². The molecule has 0 radical (unpaired) electrons. The number of ether oxygens (including phenoxy) is 1. The SMILES string of the molecule is CCNC(=NCCCc1cn[nH]c1C)NCCOCC. The second-order valence-electron chi connectivity index (χ2n) is 4.51. The highest BCUT2D eigenvalue weighted by molar-refractivity contribution is 5.79. The molecule has 1 heterocycles. The molecule has 3 N–H and O–H groups in total. The lowest BCUT2D eigenvalue weighted by molar-refractivity contribution is 0.152. The number of rotatable bonds is 9. The van der Waals surface area contributed by atoms with Gasteiger partial charge in [-0.15, -0.1) is 0 Å². The summed E-state index contributed by atoms with van der Waals surface area (Å²) in [6, 6.07) is 0. The van der Waals surface area contributed by atoms with Crippen LogP contribution in [0.15, 0.2) is 11.2 Å². The average Bonchev–Trinajstić information content (AvgIpc) is 2.85. The molecule has 0 atom stereocenters.